The molecule has 0 saturated heterocycles. The maximum absolute atomic E-state index is 12.1. The number of carbonyl (C=O) groups excluding carboxylic acids is 1. The average molecular weight is 353 g/mol. The lowest BCUT2D eigenvalue weighted by Gasteiger charge is -2.23. The molecule has 114 valence electrons. The summed E-state index contributed by atoms with van der Waals surface area (Å²) < 4.78 is 6.82. The lowest BCUT2D eigenvalue weighted by molar-refractivity contribution is -0.123. The van der Waals surface area contributed by atoms with Gasteiger partial charge in [0, 0.05) is 22.1 Å². The first-order chi connectivity index (χ1) is 10.1. The van der Waals surface area contributed by atoms with Gasteiger partial charge in [0.2, 0.25) is 5.91 Å². The second kappa shape index (κ2) is 6.36. The van der Waals surface area contributed by atoms with Gasteiger partial charge in [-0.25, -0.2) is 0 Å². The van der Waals surface area contributed by atoms with E-state index >= 15 is 0 Å². The summed E-state index contributed by atoms with van der Waals surface area (Å²) in [6.07, 6.45) is 4.20. The van der Waals surface area contributed by atoms with Crippen molar-refractivity contribution >= 4 is 21.8 Å². The number of rotatable bonds is 4. The van der Waals surface area contributed by atoms with Gasteiger partial charge in [-0.3, -0.25) is 10.1 Å². The number of carbonyl (C=O) groups is 1. The van der Waals surface area contributed by atoms with E-state index in [0.717, 1.165) is 48.1 Å². The molecule has 1 heterocycles. The van der Waals surface area contributed by atoms with Crippen molar-refractivity contribution in [2.75, 3.05) is 6.61 Å². The van der Waals surface area contributed by atoms with Gasteiger partial charge in [-0.05, 0) is 44.7 Å². The summed E-state index contributed by atoms with van der Waals surface area (Å²) in [7, 11) is 0. The van der Waals surface area contributed by atoms with Gasteiger partial charge in [0.25, 0.3) is 0 Å². The van der Waals surface area contributed by atoms with Crippen LogP contribution in [0.15, 0.2) is 22.7 Å². The Morgan fingerprint density at radius 3 is 2.95 bits per heavy atom. The van der Waals surface area contributed by atoms with E-state index in [1.54, 1.807) is 0 Å². The Hall–Kier alpha value is -1.07. The molecule has 3 rings (SSSR count). The van der Waals surface area contributed by atoms with Crippen LogP contribution in [0.4, 0.5) is 0 Å². The van der Waals surface area contributed by atoms with Crippen LogP contribution in [0.5, 0.6) is 5.75 Å². The number of hydrogen-bond acceptors (Lipinski definition) is 3. The van der Waals surface area contributed by atoms with Gasteiger partial charge in [0.05, 0.1) is 12.6 Å². The highest BCUT2D eigenvalue weighted by molar-refractivity contribution is 9.10. The number of fused-ring (bicyclic) bond motifs is 1. The van der Waals surface area contributed by atoms with Crippen LogP contribution < -0.4 is 15.4 Å². The van der Waals surface area contributed by atoms with E-state index in [1.165, 1.54) is 0 Å². The zero-order valence-electron chi connectivity index (χ0n) is 12.2. The monoisotopic (exact) mass is 352 g/mol. The Labute approximate surface area is 133 Å². The van der Waals surface area contributed by atoms with Crippen LogP contribution in [0.3, 0.4) is 0 Å². The fourth-order valence-electron chi connectivity index (χ4n) is 2.65. The van der Waals surface area contributed by atoms with Crippen LogP contribution >= 0.6 is 15.9 Å². The molecule has 1 aromatic carbocycles. The third-order valence-electron chi connectivity index (χ3n) is 4.01. The molecule has 2 N–H and O–H groups in total. The van der Waals surface area contributed by atoms with E-state index < -0.39 is 0 Å². The van der Waals surface area contributed by atoms with Gasteiger partial charge in [-0.15, -0.1) is 0 Å². The molecular formula is C16H21BrN2O2. The van der Waals surface area contributed by atoms with Crippen molar-refractivity contribution in [2.45, 2.75) is 50.7 Å². The number of nitrogens with one attached hydrogen (secondary N) is 2. The van der Waals surface area contributed by atoms with Gasteiger partial charge in [0.15, 0.2) is 0 Å². The highest BCUT2D eigenvalue weighted by atomic mass is 79.9. The zero-order chi connectivity index (χ0) is 14.8. The lowest BCUT2D eigenvalue weighted by Crippen LogP contribution is -2.44. The SMILES string of the molecule is CC(NC1CCCOc2cc(Br)ccc21)C(=O)NC1CC1. The van der Waals surface area contributed by atoms with Crippen LogP contribution in [0, 0.1) is 0 Å². The Morgan fingerprint density at radius 2 is 2.19 bits per heavy atom. The number of halogens is 1. The number of ether oxygens (including phenoxy) is 1. The minimum atomic E-state index is -0.190. The Morgan fingerprint density at radius 1 is 1.38 bits per heavy atom. The minimum Gasteiger partial charge on any atom is -0.493 e. The Kier molecular flexibility index (Phi) is 4.50. The van der Waals surface area contributed by atoms with E-state index in [1.807, 2.05) is 19.1 Å². The van der Waals surface area contributed by atoms with Gasteiger partial charge < -0.3 is 10.1 Å². The predicted molar refractivity (Wildman–Crippen MR) is 85.4 cm³/mol. The fourth-order valence-corrected chi connectivity index (χ4v) is 2.99. The van der Waals surface area contributed by atoms with Crippen LogP contribution in [-0.2, 0) is 4.79 Å². The summed E-state index contributed by atoms with van der Waals surface area (Å²) in [5.74, 6) is 1.01. The summed E-state index contributed by atoms with van der Waals surface area (Å²) >= 11 is 3.48. The molecule has 0 spiro atoms. The first-order valence-electron chi connectivity index (χ1n) is 7.62. The van der Waals surface area contributed by atoms with Crippen molar-refractivity contribution in [3.63, 3.8) is 0 Å². The van der Waals surface area contributed by atoms with Crippen molar-refractivity contribution < 1.29 is 9.53 Å². The molecule has 1 amide bonds. The van der Waals surface area contributed by atoms with Crippen molar-refractivity contribution in [3.05, 3.63) is 28.2 Å². The first-order valence-corrected chi connectivity index (χ1v) is 8.41. The predicted octanol–water partition coefficient (Wildman–Crippen LogP) is 2.92. The number of benzene rings is 1. The largest absolute Gasteiger partial charge is 0.493 e. The molecule has 5 heteroatoms. The molecule has 1 aliphatic carbocycles. The lowest BCUT2D eigenvalue weighted by atomic mass is 10.0. The van der Waals surface area contributed by atoms with Crippen molar-refractivity contribution in [1.82, 2.24) is 10.6 Å². The van der Waals surface area contributed by atoms with E-state index in [4.69, 9.17) is 4.74 Å². The van der Waals surface area contributed by atoms with E-state index in [0.29, 0.717) is 6.04 Å². The summed E-state index contributed by atoms with van der Waals surface area (Å²) in [6, 6.07) is 6.48. The van der Waals surface area contributed by atoms with Crippen molar-refractivity contribution in [3.8, 4) is 5.75 Å². The smallest absolute Gasteiger partial charge is 0.237 e. The number of amides is 1. The first kappa shape index (κ1) is 14.9. The van der Waals surface area contributed by atoms with Gasteiger partial charge >= 0.3 is 0 Å². The molecule has 1 saturated carbocycles. The molecule has 0 aromatic heterocycles. The van der Waals surface area contributed by atoms with Gasteiger partial charge in [-0.2, -0.15) is 0 Å². The van der Waals surface area contributed by atoms with Crippen LogP contribution in [0.1, 0.15) is 44.2 Å². The zero-order valence-corrected chi connectivity index (χ0v) is 13.8. The average Bonchev–Trinajstić information content (AvgIpc) is 3.27. The van der Waals surface area contributed by atoms with Gasteiger partial charge in [-0.1, -0.05) is 22.0 Å². The molecule has 2 aliphatic rings. The third kappa shape index (κ3) is 3.77. The molecule has 21 heavy (non-hydrogen) atoms. The van der Waals surface area contributed by atoms with E-state index in [9.17, 15) is 4.79 Å². The van der Waals surface area contributed by atoms with E-state index in [2.05, 4.69) is 32.6 Å². The normalized spacial score (nSPS) is 22.7. The third-order valence-corrected chi connectivity index (χ3v) is 4.51. The molecule has 1 fully saturated rings. The summed E-state index contributed by atoms with van der Waals surface area (Å²) in [5, 5.41) is 6.51. The van der Waals surface area contributed by atoms with E-state index in [-0.39, 0.29) is 18.0 Å². The summed E-state index contributed by atoms with van der Waals surface area (Å²) in [6.45, 7) is 2.66. The molecule has 4 nitrogen and oxygen atoms in total. The molecule has 0 radical (unpaired) electrons. The second-order valence-corrected chi connectivity index (χ2v) is 6.81. The summed E-state index contributed by atoms with van der Waals surface area (Å²) in [4.78, 5) is 12.1. The fraction of sp³-hybridized carbons (Fsp3) is 0.562. The Balaban J connectivity index is 1.70. The quantitative estimate of drug-likeness (QED) is 0.875. The van der Waals surface area contributed by atoms with Crippen molar-refractivity contribution in [2.24, 2.45) is 0 Å². The number of hydrogen-bond donors (Lipinski definition) is 2. The second-order valence-electron chi connectivity index (χ2n) is 5.90. The van der Waals surface area contributed by atoms with Crippen molar-refractivity contribution in [1.29, 1.82) is 0 Å². The maximum atomic E-state index is 12.1. The highest BCUT2D eigenvalue weighted by Crippen LogP contribution is 2.34. The standard InChI is InChI=1S/C16H21BrN2O2/c1-10(16(20)19-12-5-6-12)18-14-3-2-8-21-15-9-11(17)4-7-13(14)15/h4,7,9-10,12,14,18H,2-3,5-6,8H2,1H3,(H,19,20). The Bertz CT molecular complexity index is 531. The van der Waals surface area contributed by atoms with Crippen LogP contribution in [0.2, 0.25) is 0 Å². The highest BCUT2D eigenvalue weighted by Gasteiger charge is 2.28. The van der Waals surface area contributed by atoms with Crippen LogP contribution in [0.25, 0.3) is 0 Å². The molecule has 1 aliphatic heterocycles. The molecular weight excluding hydrogens is 332 g/mol. The topological polar surface area (TPSA) is 50.4 Å². The molecule has 0 bridgehead atoms. The maximum Gasteiger partial charge on any atom is 0.237 e. The van der Waals surface area contributed by atoms with Crippen LogP contribution in [-0.4, -0.2) is 24.6 Å². The minimum absolute atomic E-state index is 0.0985. The van der Waals surface area contributed by atoms with Gasteiger partial charge in [0.1, 0.15) is 5.75 Å². The molecule has 1 aromatic rings. The molecule has 2 unspecified atom stereocenters. The summed E-state index contributed by atoms with van der Waals surface area (Å²) in [5.41, 5.74) is 1.14. The molecule has 2 atom stereocenters.